The van der Waals surface area contributed by atoms with E-state index in [1.165, 1.54) is 6.07 Å². The van der Waals surface area contributed by atoms with E-state index in [1.807, 2.05) is 11.0 Å². The third kappa shape index (κ3) is 3.10. The maximum absolute atomic E-state index is 13.4. The molecular formula is C17H23FN2O. The topological polar surface area (TPSA) is 46.3 Å². The van der Waals surface area contributed by atoms with Crippen molar-refractivity contribution in [2.45, 2.75) is 50.6 Å². The van der Waals surface area contributed by atoms with Crippen LogP contribution in [0, 0.1) is 11.7 Å². The van der Waals surface area contributed by atoms with Crippen molar-refractivity contribution in [3.8, 4) is 0 Å². The number of hydrogen-bond acceptors (Lipinski definition) is 2. The van der Waals surface area contributed by atoms with Crippen LogP contribution in [0.2, 0.25) is 0 Å². The van der Waals surface area contributed by atoms with Crippen LogP contribution in [0.3, 0.4) is 0 Å². The van der Waals surface area contributed by atoms with Crippen LogP contribution in [-0.2, 0) is 4.79 Å². The summed E-state index contributed by atoms with van der Waals surface area (Å²) < 4.78 is 13.4. The van der Waals surface area contributed by atoms with E-state index in [-0.39, 0.29) is 29.7 Å². The first kappa shape index (κ1) is 14.5. The Hall–Kier alpha value is -1.42. The summed E-state index contributed by atoms with van der Waals surface area (Å²) >= 11 is 0. The standard InChI is InChI=1S/C17H23FN2O/c18-14-6-1-4-12(10-14)16-8-3-9-20(16)17(21)13-5-2-7-15(19)11-13/h1,4,6,10,13,15-16H,2-3,5,7-9,11,19H2. The van der Waals surface area contributed by atoms with Crippen molar-refractivity contribution in [2.75, 3.05) is 6.54 Å². The van der Waals surface area contributed by atoms with Gasteiger partial charge in [-0.25, -0.2) is 4.39 Å². The van der Waals surface area contributed by atoms with E-state index >= 15 is 0 Å². The van der Waals surface area contributed by atoms with Gasteiger partial charge in [0, 0.05) is 18.5 Å². The molecule has 1 saturated carbocycles. The van der Waals surface area contributed by atoms with Crippen molar-refractivity contribution in [1.82, 2.24) is 4.90 Å². The van der Waals surface area contributed by atoms with E-state index < -0.39 is 0 Å². The van der Waals surface area contributed by atoms with Crippen LogP contribution in [0.15, 0.2) is 24.3 Å². The van der Waals surface area contributed by atoms with Gasteiger partial charge in [0.15, 0.2) is 0 Å². The molecule has 0 radical (unpaired) electrons. The van der Waals surface area contributed by atoms with Gasteiger partial charge in [0.05, 0.1) is 6.04 Å². The summed E-state index contributed by atoms with van der Waals surface area (Å²) in [5.74, 6) is 0.0475. The second-order valence-corrected chi connectivity index (χ2v) is 6.37. The Morgan fingerprint density at radius 3 is 2.86 bits per heavy atom. The molecule has 3 atom stereocenters. The van der Waals surface area contributed by atoms with E-state index in [9.17, 15) is 9.18 Å². The molecule has 0 bridgehead atoms. The maximum atomic E-state index is 13.4. The van der Waals surface area contributed by atoms with Crippen molar-refractivity contribution < 1.29 is 9.18 Å². The highest BCUT2D eigenvalue weighted by atomic mass is 19.1. The maximum Gasteiger partial charge on any atom is 0.226 e. The highest BCUT2D eigenvalue weighted by Gasteiger charge is 2.35. The molecule has 1 amide bonds. The lowest BCUT2D eigenvalue weighted by atomic mass is 9.85. The second kappa shape index (κ2) is 6.14. The third-order valence-corrected chi connectivity index (χ3v) is 4.83. The lowest BCUT2D eigenvalue weighted by molar-refractivity contribution is -0.137. The molecule has 21 heavy (non-hydrogen) atoms. The van der Waals surface area contributed by atoms with Crippen molar-refractivity contribution in [2.24, 2.45) is 11.7 Å². The molecule has 1 heterocycles. The molecule has 2 N–H and O–H groups in total. The molecule has 1 aromatic rings. The minimum atomic E-state index is -0.230. The number of nitrogens with two attached hydrogens (primary N) is 1. The Bertz CT molecular complexity index is 519. The van der Waals surface area contributed by atoms with Gasteiger partial charge in [0.2, 0.25) is 5.91 Å². The van der Waals surface area contributed by atoms with Crippen LogP contribution in [0.4, 0.5) is 4.39 Å². The van der Waals surface area contributed by atoms with Gasteiger partial charge >= 0.3 is 0 Å². The van der Waals surface area contributed by atoms with Gasteiger partial charge in [0.25, 0.3) is 0 Å². The molecule has 2 aliphatic rings. The Kier molecular flexibility index (Phi) is 4.24. The van der Waals surface area contributed by atoms with Crippen LogP contribution in [0.25, 0.3) is 0 Å². The number of carbonyl (C=O) groups excluding carboxylic acids is 1. The van der Waals surface area contributed by atoms with Gasteiger partial charge in [-0.15, -0.1) is 0 Å². The van der Waals surface area contributed by atoms with Crippen LogP contribution >= 0.6 is 0 Å². The number of hydrogen-bond donors (Lipinski definition) is 1. The fraction of sp³-hybridized carbons (Fsp3) is 0.588. The predicted molar refractivity (Wildman–Crippen MR) is 80.0 cm³/mol. The summed E-state index contributed by atoms with van der Waals surface area (Å²) in [6, 6.07) is 6.84. The average Bonchev–Trinajstić information content (AvgIpc) is 2.96. The summed E-state index contributed by atoms with van der Waals surface area (Å²) in [6.07, 6.45) is 5.72. The smallest absolute Gasteiger partial charge is 0.226 e. The molecule has 3 nitrogen and oxygen atoms in total. The van der Waals surface area contributed by atoms with Crippen molar-refractivity contribution in [3.63, 3.8) is 0 Å². The fourth-order valence-corrected chi connectivity index (χ4v) is 3.78. The summed E-state index contributed by atoms with van der Waals surface area (Å²) in [7, 11) is 0. The highest BCUT2D eigenvalue weighted by Crippen LogP contribution is 2.35. The second-order valence-electron chi connectivity index (χ2n) is 6.37. The quantitative estimate of drug-likeness (QED) is 0.910. The zero-order valence-electron chi connectivity index (χ0n) is 12.3. The molecular weight excluding hydrogens is 267 g/mol. The molecule has 3 rings (SSSR count). The summed E-state index contributed by atoms with van der Waals surface area (Å²) in [6.45, 7) is 0.783. The molecule has 4 heteroatoms. The zero-order valence-corrected chi connectivity index (χ0v) is 12.3. The molecule has 0 aromatic heterocycles. The van der Waals surface area contributed by atoms with E-state index in [4.69, 9.17) is 5.73 Å². The average molecular weight is 290 g/mol. The zero-order chi connectivity index (χ0) is 14.8. The summed E-state index contributed by atoms with van der Waals surface area (Å²) in [4.78, 5) is 14.7. The van der Waals surface area contributed by atoms with Gasteiger partial charge in [-0.3, -0.25) is 4.79 Å². The highest BCUT2D eigenvalue weighted by molar-refractivity contribution is 5.79. The largest absolute Gasteiger partial charge is 0.335 e. The molecule has 1 aromatic carbocycles. The summed E-state index contributed by atoms with van der Waals surface area (Å²) in [5.41, 5.74) is 6.92. The molecule has 3 unspecified atom stereocenters. The lowest BCUT2D eigenvalue weighted by Gasteiger charge is -2.32. The van der Waals surface area contributed by atoms with Gasteiger partial charge < -0.3 is 10.6 Å². The fourth-order valence-electron chi connectivity index (χ4n) is 3.78. The van der Waals surface area contributed by atoms with E-state index in [0.29, 0.717) is 0 Å². The van der Waals surface area contributed by atoms with Crippen molar-refractivity contribution in [3.05, 3.63) is 35.6 Å². The SMILES string of the molecule is NC1CCCC(C(=O)N2CCCC2c2cccc(F)c2)C1. The molecule has 2 fully saturated rings. The number of amides is 1. The molecule has 1 aliphatic heterocycles. The molecule has 0 spiro atoms. The minimum Gasteiger partial charge on any atom is -0.335 e. The van der Waals surface area contributed by atoms with Crippen molar-refractivity contribution >= 4 is 5.91 Å². The first-order chi connectivity index (χ1) is 10.1. The minimum absolute atomic E-state index is 0.0337. The first-order valence-corrected chi connectivity index (χ1v) is 7.96. The molecule has 1 saturated heterocycles. The number of halogens is 1. The Balaban J connectivity index is 1.75. The Morgan fingerprint density at radius 1 is 1.24 bits per heavy atom. The monoisotopic (exact) mass is 290 g/mol. The number of benzene rings is 1. The van der Waals surface area contributed by atoms with E-state index in [1.54, 1.807) is 12.1 Å². The van der Waals surface area contributed by atoms with Crippen LogP contribution < -0.4 is 5.73 Å². The van der Waals surface area contributed by atoms with Crippen LogP contribution in [0.5, 0.6) is 0 Å². The third-order valence-electron chi connectivity index (χ3n) is 4.83. The Labute approximate surface area is 125 Å². The first-order valence-electron chi connectivity index (χ1n) is 7.96. The normalized spacial score (nSPS) is 29.6. The lowest BCUT2D eigenvalue weighted by Crippen LogP contribution is -2.40. The number of carbonyl (C=O) groups is 1. The molecule has 1 aliphatic carbocycles. The Morgan fingerprint density at radius 2 is 2.10 bits per heavy atom. The molecule has 114 valence electrons. The van der Waals surface area contributed by atoms with Crippen LogP contribution in [0.1, 0.15) is 50.1 Å². The van der Waals surface area contributed by atoms with Gasteiger partial charge in [-0.1, -0.05) is 18.6 Å². The van der Waals surface area contributed by atoms with Gasteiger partial charge in [-0.2, -0.15) is 0 Å². The van der Waals surface area contributed by atoms with Crippen LogP contribution in [-0.4, -0.2) is 23.4 Å². The number of nitrogens with zero attached hydrogens (tertiary/aromatic N) is 1. The number of rotatable bonds is 2. The van der Waals surface area contributed by atoms with E-state index in [2.05, 4.69) is 0 Å². The predicted octanol–water partition coefficient (Wildman–Crippen LogP) is 3.01. The van der Waals surface area contributed by atoms with E-state index in [0.717, 1.165) is 50.6 Å². The van der Waals surface area contributed by atoms with Gasteiger partial charge in [-0.05, 0) is 49.8 Å². The summed E-state index contributed by atoms with van der Waals surface area (Å²) in [5, 5.41) is 0. The van der Waals surface area contributed by atoms with Gasteiger partial charge in [0.1, 0.15) is 5.82 Å². The number of likely N-dealkylation sites (tertiary alicyclic amines) is 1. The van der Waals surface area contributed by atoms with Crippen molar-refractivity contribution in [1.29, 1.82) is 0 Å².